The Labute approximate surface area is 245 Å². The van der Waals surface area contributed by atoms with Crippen molar-refractivity contribution in [3.8, 4) is 0 Å². The lowest BCUT2D eigenvalue weighted by molar-refractivity contribution is -0.140. The Morgan fingerprint density at radius 3 is 2.05 bits per heavy atom. The Kier molecular flexibility index (Phi) is 11.1. The fourth-order valence-electron chi connectivity index (χ4n) is 4.72. The highest BCUT2D eigenvalue weighted by Crippen LogP contribution is 2.28. The van der Waals surface area contributed by atoms with Crippen molar-refractivity contribution >= 4 is 27.5 Å². The molecule has 3 aromatic carbocycles. The zero-order valence-corrected chi connectivity index (χ0v) is 25.9. The summed E-state index contributed by atoms with van der Waals surface area (Å²) in [4.78, 5) is 29.3. The summed E-state index contributed by atoms with van der Waals surface area (Å²) in [6.07, 6.45) is 0.976. The zero-order valence-electron chi connectivity index (χ0n) is 25.1. The molecule has 1 atom stereocenters. The number of para-hydroxylation sites is 1. The number of benzene rings is 3. The molecule has 2 amide bonds. The van der Waals surface area contributed by atoms with Crippen LogP contribution in [0.4, 0.5) is 5.69 Å². The molecule has 0 aliphatic rings. The van der Waals surface area contributed by atoms with Crippen molar-refractivity contribution in [2.75, 3.05) is 17.4 Å². The van der Waals surface area contributed by atoms with Crippen LogP contribution in [0.5, 0.6) is 0 Å². The molecule has 0 spiro atoms. The number of rotatable bonds is 13. The highest BCUT2D eigenvalue weighted by molar-refractivity contribution is 7.92. The van der Waals surface area contributed by atoms with E-state index in [1.807, 2.05) is 77.9 Å². The van der Waals surface area contributed by atoms with Crippen molar-refractivity contribution < 1.29 is 18.0 Å². The summed E-state index contributed by atoms with van der Waals surface area (Å²) >= 11 is 0. The first kappa shape index (κ1) is 31.9. The molecular weight excluding hydrogens is 534 g/mol. The summed E-state index contributed by atoms with van der Waals surface area (Å²) in [6, 6.07) is 20.8. The molecule has 0 saturated heterocycles. The number of aryl methyl sites for hydroxylation is 3. The second kappa shape index (κ2) is 14.3. The number of carbonyl (C=O) groups is 2. The molecule has 3 aromatic rings. The SMILES string of the molecule is CCc1ccccc1N(CC(=O)N(Cc1ccccc1C)[C@@H](CC)C(=O)NCC(C)C)S(=O)(=O)c1ccc(C)cc1. The summed E-state index contributed by atoms with van der Waals surface area (Å²) in [7, 11) is -4.10. The maximum absolute atomic E-state index is 14.3. The third-order valence-corrected chi connectivity index (χ3v) is 8.98. The van der Waals surface area contributed by atoms with E-state index in [1.54, 1.807) is 36.4 Å². The van der Waals surface area contributed by atoms with Gasteiger partial charge in [0.2, 0.25) is 11.8 Å². The topological polar surface area (TPSA) is 86.8 Å². The number of anilines is 1. The molecule has 1 N–H and O–H groups in total. The van der Waals surface area contributed by atoms with Gasteiger partial charge in [0.05, 0.1) is 10.6 Å². The average molecular weight is 578 g/mol. The van der Waals surface area contributed by atoms with E-state index in [9.17, 15) is 18.0 Å². The van der Waals surface area contributed by atoms with Crippen molar-refractivity contribution in [2.45, 2.75) is 71.9 Å². The summed E-state index contributed by atoms with van der Waals surface area (Å²) in [5, 5.41) is 2.97. The second-order valence-electron chi connectivity index (χ2n) is 10.8. The second-order valence-corrected chi connectivity index (χ2v) is 12.7. The van der Waals surface area contributed by atoms with Gasteiger partial charge in [-0.3, -0.25) is 13.9 Å². The molecule has 0 unspecified atom stereocenters. The first-order chi connectivity index (χ1) is 19.5. The fourth-order valence-corrected chi connectivity index (χ4v) is 6.17. The van der Waals surface area contributed by atoms with Crippen LogP contribution in [-0.4, -0.2) is 44.3 Å². The van der Waals surface area contributed by atoms with Gasteiger partial charge in [-0.1, -0.05) is 87.9 Å². The highest BCUT2D eigenvalue weighted by atomic mass is 32.2. The highest BCUT2D eigenvalue weighted by Gasteiger charge is 2.34. The fraction of sp³-hybridized carbons (Fsp3) is 0.394. The molecule has 220 valence electrons. The first-order valence-electron chi connectivity index (χ1n) is 14.3. The van der Waals surface area contributed by atoms with Gasteiger partial charge in [-0.25, -0.2) is 8.42 Å². The zero-order chi connectivity index (χ0) is 30.2. The maximum Gasteiger partial charge on any atom is 0.264 e. The van der Waals surface area contributed by atoms with Crippen LogP contribution in [0.25, 0.3) is 0 Å². The molecule has 3 rings (SSSR count). The van der Waals surface area contributed by atoms with E-state index in [0.717, 1.165) is 22.3 Å². The Morgan fingerprint density at radius 1 is 0.854 bits per heavy atom. The van der Waals surface area contributed by atoms with E-state index in [0.29, 0.717) is 25.1 Å². The minimum atomic E-state index is -4.10. The number of nitrogens with one attached hydrogen (secondary N) is 1. The van der Waals surface area contributed by atoms with Crippen molar-refractivity contribution in [2.24, 2.45) is 5.92 Å². The van der Waals surface area contributed by atoms with Gasteiger partial charge in [0.25, 0.3) is 10.0 Å². The van der Waals surface area contributed by atoms with Gasteiger partial charge >= 0.3 is 0 Å². The van der Waals surface area contributed by atoms with Crippen LogP contribution >= 0.6 is 0 Å². The number of hydrogen-bond donors (Lipinski definition) is 1. The van der Waals surface area contributed by atoms with Crippen LogP contribution in [0.3, 0.4) is 0 Å². The Morgan fingerprint density at radius 2 is 1.46 bits per heavy atom. The van der Waals surface area contributed by atoms with Crippen molar-refractivity contribution in [1.82, 2.24) is 10.2 Å². The first-order valence-corrected chi connectivity index (χ1v) is 15.7. The van der Waals surface area contributed by atoms with E-state index in [1.165, 1.54) is 9.21 Å². The standard InChI is InChI=1S/C33H43N3O4S/c1-7-27-14-11-12-16-31(27)36(41(39,40)29-19-17-25(5)18-20-29)23-32(37)35(22-28-15-10-9-13-26(28)6)30(8-2)33(38)34-21-24(3)4/h9-20,24,30H,7-8,21-23H2,1-6H3,(H,34,38)/t30-/m0/s1. The van der Waals surface area contributed by atoms with Crippen molar-refractivity contribution in [3.05, 3.63) is 95.1 Å². The third kappa shape index (κ3) is 7.97. The van der Waals surface area contributed by atoms with E-state index in [4.69, 9.17) is 0 Å². The molecule has 0 aliphatic heterocycles. The van der Waals surface area contributed by atoms with Crippen LogP contribution in [0.2, 0.25) is 0 Å². The van der Waals surface area contributed by atoms with Crippen LogP contribution in [0, 0.1) is 19.8 Å². The number of carbonyl (C=O) groups excluding carboxylic acids is 2. The summed E-state index contributed by atoms with van der Waals surface area (Å²) in [5.41, 5.74) is 4.09. The third-order valence-electron chi connectivity index (χ3n) is 7.20. The Balaban J connectivity index is 2.09. The molecule has 7 nitrogen and oxygen atoms in total. The predicted octanol–water partition coefficient (Wildman–Crippen LogP) is 5.64. The quantitative estimate of drug-likeness (QED) is 0.285. The predicted molar refractivity (Wildman–Crippen MR) is 165 cm³/mol. The molecule has 0 heterocycles. The number of hydrogen-bond acceptors (Lipinski definition) is 4. The summed E-state index contributed by atoms with van der Waals surface area (Å²) in [5.74, 6) is -0.441. The summed E-state index contributed by atoms with van der Waals surface area (Å²) < 4.78 is 29.4. The van der Waals surface area contributed by atoms with Crippen LogP contribution in [-0.2, 0) is 32.6 Å². The van der Waals surface area contributed by atoms with Crippen LogP contribution in [0.1, 0.15) is 56.4 Å². The lowest BCUT2D eigenvalue weighted by atomic mass is 10.1. The van der Waals surface area contributed by atoms with Crippen LogP contribution in [0.15, 0.2) is 77.7 Å². The number of amides is 2. The van der Waals surface area contributed by atoms with Gasteiger partial charge in [0.15, 0.2) is 0 Å². The Hall–Kier alpha value is -3.65. The average Bonchev–Trinajstić information content (AvgIpc) is 2.95. The van der Waals surface area contributed by atoms with E-state index >= 15 is 0 Å². The largest absolute Gasteiger partial charge is 0.354 e. The van der Waals surface area contributed by atoms with Gasteiger partial charge in [0.1, 0.15) is 12.6 Å². The van der Waals surface area contributed by atoms with Crippen molar-refractivity contribution in [1.29, 1.82) is 0 Å². The lowest BCUT2D eigenvalue weighted by Gasteiger charge is -2.34. The lowest BCUT2D eigenvalue weighted by Crippen LogP contribution is -2.52. The molecular formula is C33H43N3O4S. The van der Waals surface area contributed by atoms with E-state index in [-0.39, 0.29) is 23.3 Å². The molecule has 0 aromatic heterocycles. The molecule has 0 aliphatic carbocycles. The monoisotopic (exact) mass is 577 g/mol. The minimum absolute atomic E-state index is 0.106. The molecule has 0 fully saturated rings. The van der Waals surface area contributed by atoms with Crippen LogP contribution < -0.4 is 9.62 Å². The molecule has 8 heteroatoms. The smallest absolute Gasteiger partial charge is 0.264 e. The maximum atomic E-state index is 14.3. The molecule has 0 saturated carbocycles. The van der Waals surface area contributed by atoms with Gasteiger partial charge in [-0.05, 0) is 67.5 Å². The van der Waals surface area contributed by atoms with Gasteiger partial charge < -0.3 is 10.2 Å². The van der Waals surface area contributed by atoms with Crippen molar-refractivity contribution in [3.63, 3.8) is 0 Å². The number of nitrogens with zero attached hydrogens (tertiary/aromatic N) is 2. The van der Waals surface area contributed by atoms with E-state index in [2.05, 4.69) is 5.32 Å². The normalized spacial score (nSPS) is 12.2. The Bertz CT molecular complexity index is 1430. The number of sulfonamides is 1. The molecule has 0 radical (unpaired) electrons. The van der Waals surface area contributed by atoms with Gasteiger partial charge in [-0.2, -0.15) is 0 Å². The summed E-state index contributed by atoms with van der Waals surface area (Å²) in [6.45, 7) is 11.9. The van der Waals surface area contributed by atoms with Gasteiger partial charge in [0, 0.05) is 13.1 Å². The van der Waals surface area contributed by atoms with E-state index < -0.39 is 28.5 Å². The minimum Gasteiger partial charge on any atom is -0.354 e. The molecule has 0 bridgehead atoms. The molecule has 41 heavy (non-hydrogen) atoms. The van der Waals surface area contributed by atoms with Gasteiger partial charge in [-0.15, -0.1) is 0 Å².